The van der Waals surface area contributed by atoms with Crippen molar-refractivity contribution in [1.29, 1.82) is 0 Å². The molecule has 14 atom stereocenters. The highest BCUT2D eigenvalue weighted by Crippen LogP contribution is 2.54. The van der Waals surface area contributed by atoms with Crippen LogP contribution in [0.2, 0.25) is 0 Å². The molecular formula is C59H79N5O7. The predicted molar refractivity (Wildman–Crippen MR) is 279 cm³/mol. The number of nitrogens with one attached hydrogen (secondary N) is 4. The molecule has 0 bridgehead atoms. The average Bonchev–Trinajstić information content (AvgIpc) is 3.42. The number of hydrogen-bond acceptors (Lipinski definition) is 12. The van der Waals surface area contributed by atoms with Crippen molar-refractivity contribution in [3.05, 3.63) is 94.8 Å². The smallest absolute Gasteiger partial charge is 0.160 e. The van der Waals surface area contributed by atoms with E-state index in [1.807, 2.05) is 18.2 Å². The van der Waals surface area contributed by atoms with Crippen molar-refractivity contribution in [3.63, 3.8) is 0 Å². The first-order valence-corrected chi connectivity index (χ1v) is 27.0. The number of fused-ring (bicyclic) bond motifs is 5. The molecule has 0 radical (unpaired) electrons. The lowest BCUT2D eigenvalue weighted by molar-refractivity contribution is -0.136. The van der Waals surface area contributed by atoms with Crippen molar-refractivity contribution in [2.45, 2.75) is 140 Å². The second-order valence-electron chi connectivity index (χ2n) is 22.0. The van der Waals surface area contributed by atoms with E-state index in [2.05, 4.69) is 83.4 Å². The zero-order valence-electron chi connectivity index (χ0n) is 42.2. The Kier molecular flexibility index (Phi) is 16.3. The molecule has 0 unspecified atom stereocenters. The highest BCUT2D eigenvalue weighted by atomic mass is 16.5. The molecule has 6 aliphatic rings. The summed E-state index contributed by atoms with van der Waals surface area (Å²) in [6.45, 7) is 8.54. The number of nitrogens with two attached hydrogens (primary N) is 1. The van der Waals surface area contributed by atoms with E-state index >= 15 is 0 Å². The van der Waals surface area contributed by atoms with Gasteiger partial charge in [-0.2, -0.15) is 0 Å². The van der Waals surface area contributed by atoms with E-state index in [0.717, 1.165) is 85.8 Å². The molecule has 4 fully saturated rings. The molecule has 2 heterocycles. The van der Waals surface area contributed by atoms with Gasteiger partial charge in [0.05, 0.1) is 31.2 Å². The number of aromatic hydroxyl groups is 1. The lowest BCUT2D eigenvalue weighted by Gasteiger charge is -2.55. The number of carbonyl (C=O) groups excluding carboxylic acids is 2. The molecule has 2 aliphatic heterocycles. The van der Waals surface area contributed by atoms with Crippen molar-refractivity contribution in [3.8, 4) is 23.3 Å². The fourth-order valence-corrected chi connectivity index (χ4v) is 14.2. The lowest BCUT2D eigenvalue weighted by atomic mass is 9.53. The Balaban J connectivity index is 0.993. The number of Topliss-reactive ketones (excluding diaryl/α,β-unsaturated/α-hetero) is 2. The predicted octanol–water partition coefficient (Wildman–Crippen LogP) is 6.50. The van der Waals surface area contributed by atoms with Crippen molar-refractivity contribution in [1.82, 2.24) is 21.3 Å². The van der Waals surface area contributed by atoms with Gasteiger partial charge in [0.2, 0.25) is 0 Å². The van der Waals surface area contributed by atoms with Crippen molar-refractivity contribution in [2.24, 2.45) is 46.7 Å². The van der Waals surface area contributed by atoms with Gasteiger partial charge in [0, 0.05) is 56.3 Å². The summed E-state index contributed by atoms with van der Waals surface area (Å²) in [5.74, 6) is 9.44. The minimum atomic E-state index is -1.30. The second kappa shape index (κ2) is 22.6. The average molecular weight is 970 g/mol. The molecule has 71 heavy (non-hydrogen) atoms. The molecule has 4 aliphatic carbocycles. The number of piperidine rings is 1. The molecular weight excluding hydrogens is 891 g/mol. The van der Waals surface area contributed by atoms with Crippen LogP contribution in [0.25, 0.3) is 10.8 Å². The van der Waals surface area contributed by atoms with Gasteiger partial charge in [-0.3, -0.25) is 9.59 Å². The molecule has 3 saturated carbocycles. The van der Waals surface area contributed by atoms with Crippen LogP contribution in [0, 0.1) is 52.8 Å². The molecule has 0 amide bonds. The highest BCUT2D eigenvalue weighted by Gasteiger charge is 2.54. The van der Waals surface area contributed by atoms with E-state index in [9.17, 15) is 30.0 Å². The number of hydrogen-bond donors (Lipinski definition) is 9. The number of phenols is 1. The van der Waals surface area contributed by atoms with Gasteiger partial charge in [-0.15, -0.1) is 0 Å². The van der Waals surface area contributed by atoms with Gasteiger partial charge in [-0.05, 0) is 171 Å². The summed E-state index contributed by atoms with van der Waals surface area (Å²) in [5, 5.41) is 64.8. The maximum atomic E-state index is 14.8. The number of phenolic OH excluding ortho intramolecular Hbond substituents is 1. The van der Waals surface area contributed by atoms with Crippen LogP contribution in [0.1, 0.15) is 119 Å². The Morgan fingerprint density at radius 2 is 1.77 bits per heavy atom. The van der Waals surface area contributed by atoms with Gasteiger partial charge >= 0.3 is 0 Å². The number of likely N-dealkylation sites (N-methyl/N-ethyl adjacent to an activating group) is 1. The molecule has 1 spiro atoms. The van der Waals surface area contributed by atoms with E-state index in [1.165, 1.54) is 7.11 Å². The monoisotopic (exact) mass is 970 g/mol. The van der Waals surface area contributed by atoms with Gasteiger partial charge in [0.25, 0.3) is 0 Å². The van der Waals surface area contributed by atoms with Crippen LogP contribution in [0.4, 0.5) is 0 Å². The van der Waals surface area contributed by atoms with Crippen LogP contribution in [0.5, 0.6) is 11.5 Å². The molecule has 3 aromatic rings. The molecule has 12 nitrogen and oxygen atoms in total. The van der Waals surface area contributed by atoms with Gasteiger partial charge in [0.15, 0.2) is 17.3 Å². The number of allylic oxidation sites excluding steroid dienone is 2. The first-order valence-electron chi connectivity index (χ1n) is 27.0. The zero-order chi connectivity index (χ0) is 49.8. The topological polar surface area (TPSA) is 198 Å². The van der Waals surface area contributed by atoms with Gasteiger partial charge < -0.3 is 52.2 Å². The Labute approximate surface area is 421 Å². The highest BCUT2D eigenvalue weighted by molar-refractivity contribution is 5.89. The van der Waals surface area contributed by atoms with Crippen LogP contribution in [0.3, 0.4) is 0 Å². The lowest BCUT2D eigenvalue weighted by Crippen LogP contribution is -2.59. The Bertz CT molecular complexity index is 2520. The molecule has 9 rings (SSSR count). The van der Waals surface area contributed by atoms with E-state index in [4.69, 9.17) is 10.5 Å². The maximum Gasteiger partial charge on any atom is 0.160 e. The second-order valence-corrected chi connectivity index (χ2v) is 22.0. The van der Waals surface area contributed by atoms with E-state index < -0.39 is 29.6 Å². The number of methoxy groups -OCH3 is 1. The molecule has 12 heteroatoms. The summed E-state index contributed by atoms with van der Waals surface area (Å²) in [4.78, 5) is 27.4. The van der Waals surface area contributed by atoms with Gasteiger partial charge in [0.1, 0.15) is 11.2 Å². The number of aliphatic hydroxyl groups excluding tert-OH is 3. The summed E-state index contributed by atoms with van der Waals surface area (Å²) in [7, 11) is 1.49. The minimum Gasteiger partial charge on any atom is -0.504 e. The third-order valence-corrected chi connectivity index (χ3v) is 17.9. The zero-order valence-corrected chi connectivity index (χ0v) is 42.2. The summed E-state index contributed by atoms with van der Waals surface area (Å²) in [5.41, 5.74) is 8.38. The van der Waals surface area contributed by atoms with E-state index in [-0.39, 0.29) is 60.5 Å². The third-order valence-electron chi connectivity index (χ3n) is 17.9. The Morgan fingerprint density at radius 3 is 2.55 bits per heavy atom. The molecule has 3 aromatic carbocycles. The number of ether oxygens (including phenoxy) is 1. The Hall–Kier alpha value is -4.74. The number of dihydropyridines is 1. The minimum absolute atomic E-state index is 0.0349. The largest absolute Gasteiger partial charge is 0.504 e. The normalized spacial score (nSPS) is 31.4. The maximum absolute atomic E-state index is 14.8. The summed E-state index contributed by atoms with van der Waals surface area (Å²) in [6, 6.07) is 18.4. The van der Waals surface area contributed by atoms with Gasteiger partial charge in [-0.1, -0.05) is 74.2 Å². The Morgan fingerprint density at radius 1 is 0.944 bits per heavy atom. The third kappa shape index (κ3) is 11.0. The number of aryl methyl sites for hydroxylation is 1. The van der Waals surface area contributed by atoms with Crippen LogP contribution < -0.4 is 31.7 Å². The summed E-state index contributed by atoms with van der Waals surface area (Å²) < 4.78 is 5.55. The summed E-state index contributed by atoms with van der Waals surface area (Å²) >= 11 is 0. The number of benzene rings is 3. The van der Waals surface area contributed by atoms with E-state index in [1.54, 1.807) is 12.1 Å². The molecule has 382 valence electrons. The number of aliphatic hydroxyl groups is 3. The number of ketones is 2. The standard InChI is InChI=1S/C59H79N5O7/c1-4-21-61-34-51(62-5-2)49-30-48-42(33-64-50-29-43(65)13-14-44(48)50)24-47(49)40-17-20-59(57(70)27-40)19-16-39(46-32-54(68)55(71-3)26-38(46)12-15-56(59)69)25-52(66)53(67)31-45(41-18-22-63-58(60)28-41)37-11-10-35-8-6-7-9-36(35)23-37/h6-11,18,23,26,28,32,39-40,42,44-45,47-53,57,61-64,66-68,70H,4-5,12-15,17,20-22,24-25,27,29-31,33-34,60H2,1-3H3/t39-,40+,42+,44-,45+,47-,48+,49+,50-,51+,52+,53-,57-,59-/m1/s1. The van der Waals surface area contributed by atoms with Crippen LogP contribution in [0.15, 0.2) is 78.1 Å². The fraction of sp³-hybridized carbons (Fsp3) is 0.593. The SMILES string of the molecule is CCCNC[C@H](NCC)[C@H]1C[C@H]2[C@H](CN[C@@H]3CC(=O)CC[C@H]23)C[C@@H]1[C@H]1CC[C@@]2(C#C[C@H](C[C@H](O)[C@H](O)C[C@H](C3=CCNC(N)=C3)c3ccc4ccccc4c3)c3cc(O)c(OC)cc3CCC2=O)[C@H](O)C1. The van der Waals surface area contributed by atoms with Crippen molar-refractivity contribution in [2.75, 3.05) is 39.8 Å². The molecule has 10 N–H and O–H groups in total. The fourth-order valence-electron chi connectivity index (χ4n) is 14.2. The van der Waals surface area contributed by atoms with Gasteiger partial charge in [-0.25, -0.2) is 0 Å². The number of rotatable bonds is 16. The van der Waals surface area contributed by atoms with Crippen LogP contribution >= 0.6 is 0 Å². The van der Waals surface area contributed by atoms with Crippen molar-refractivity contribution < 1.29 is 34.8 Å². The van der Waals surface area contributed by atoms with Crippen LogP contribution in [-0.2, 0) is 16.0 Å². The van der Waals surface area contributed by atoms with E-state index in [0.29, 0.717) is 85.4 Å². The molecule has 0 aromatic heterocycles. The van der Waals surface area contributed by atoms with Crippen molar-refractivity contribution >= 4 is 22.3 Å². The first-order chi connectivity index (χ1) is 34.4. The van der Waals surface area contributed by atoms with Crippen LogP contribution in [-0.4, -0.2) is 102 Å². The first kappa shape index (κ1) is 51.2. The number of carbonyl (C=O) groups is 2. The quantitative estimate of drug-likeness (QED) is 0.0560. The summed E-state index contributed by atoms with van der Waals surface area (Å²) in [6.07, 6.45) is 8.48. The molecule has 1 saturated heterocycles.